The van der Waals surface area contributed by atoms with Gasteiger partial charge in [-0.15, -0.1) is 0 Å². The fraction of sp³-hybridized carbons (Fsp3) is 0.471. The van der Waals surface area contributed by atoms with E-state index in [0.29, 0.717) is 5.56 Å². The molecule has 0 radical (unpaired) electrons. The zero-order valence-electron chi connectivity index (χ0n) is 13.3. The number of piperazine rings is 1. The van der Waals surface area contributed by atoms with Crippen molar-refractivity contribution in [1.82, 2.24) is 9.80 Å². The molecule has 3 rings (SSSR count). The maximum atomic E-state index is 13.2. The molecule has 2 aliphatic heterocycles. The number of halogens is 1. The first-order valence-corrected chi connectivity index (χ1v) is 7.56. The van der Waals surface area contributed by atoms with E-state index >= 15 is 0 Å². The van der Waals surface area contributed by atoms with Crippen LogP contribution in [0.3, 0.4) is 0 Å². The molecule has 0 spiro atoms. The molecule has 2 aliphatic rings. The van der Waals surface area contributed by atoms with Crippen LogP contribution in [-0.2, 0) is 9.59 Å². The van der Waals surface area contributed by atoms with Crippen molar-refractivity contribution in [3.05, 3.63) is 35.6 Å². The molecule has 1 aromatic carbocycles. The molecule has 1 aromatic rings. The average Bonchev–Trinajstić information content (AvgIpc) is 2.86. The van der Waals surface area contributed by atoms with Gasteiger partial charge in [0, 0.05) is 7.05 Å². The Hall–Kier alpha value is -2.42. The van der Waals surface area contributed by atoms with Gasteiger partial charge in [-0.1, -0.05) is 12.1 Å². The van der Waals surface area contributed by atoms with Crippen LogP contribution in [0, 0.1) is 22.6 Å². The van der Waals surface area contributed by atoms with Crippen molar-refractivity contribution in [3.8, 4) is 6.07 Å². The van der Waals surface area contributed by atoms with E-state index in [-0.39, 0.29) is 24.1 Å². The molecule has 0 saturated carbocycles. The van der Waals surface area contributed by atoms with Gasteiger partial charge in [0.2, 0.25) is 11.8 Å². The molecule has 2 fully saturated rings. The predicted molar refractivity (Wildman–Crippen MR) is 80.3 cm³/mol. The first-order valence-electron chi connectivity index (χ1n) is 7.56. The van der Waals surface area contributed by atoms with Gasteiger partial charge in [-0.05, 0) is 38.0 Å². The van der Waals surface area contributed by atoms with Gasteiger partial charge >= 0.3 is 0 Å². The highest BCUT2D eigenvalue weighted by atomic mass is 19.1. The maximum Gasteiger partial charge on any atom is 0.246 e. The fourth-order valence-corrected chi connectivity index (χ4v) is 3.67. The summed E-state index contributed by atoms with van der Waals surface area (Å²) in [7, 11) is 1.61. The van der Waals surface area contributed by atoms with Crippen LogP contribution < -0.4 is 0 Å². The molecular formula is C17H18FN3O2. The smallest absolute Gasteiger partial charge is 0.246 e. The normalized spacial score (nSPS) is 33.6. The van der Waals surface area contributed by atoms with E-state index in [9.17, 15) is 19.2 Å². The highest BCUT2D eigenvalue weighted by molar-refractivity contribution is 5.97. The van der Waals surface area contributed by atoms with Gasteiger partial charge in [0.1, 0.15) is 17.9 Å². The predicted octanol–water partition coefficient (Wildman–Crippen LogP) is 1.86. The fourth-order valence-electron chi connectivity index (χ4n) is 3.67. The van der Waals surface area contributed by atoms with Crippen molar-refractivity contribution in [3.63, 3.8) is 0 Å². The number of carbonyl (C=O) groups excluding carboxylic acids is 2. The molecule has 120 valence electrons. The van der Waals surface area contributed by atoms with Crippen molar-refractivity contribution in [2.75, 3.05) is 7.05 Å². The van der Waals surface area contributed by atoms with E-state index in [2.05, 4.69) is 6.07 Å². The minimum Gasteiger partial charge on any atom is -0.332 e. The first kappa shape index (κ1) is 15.5. The Morgan fingerprint density at radius 3 is 2.43 bits per heavy atom. The van der Waals surface area contributed by atoms with Crippen LogP contribution in [0.25, 0.3) is 0 Å². The van der Waals surface area contributed by atoms with Gasteiger partial charge < -0.3 is 9.80 Å². The second kappa shape index (κ2) is 5.05. The molecule has 2 saturated heterocycles. The van der Waals surface area contributed by atoms with Gasteiger partial charge in [0.05, 0.1) is 17.5 Å². The van der Waals surface area contributed by atoms with E-state index in [1.165, 1.54) is 21.9 Å². The minimum atomic E-state index is -0.890. The van der Waals surface area contributed by atoms with Crippen LogP contribution in [-0.4, -0.2) is 40.7 Å². The largest absolute Gasteiger partial charge is 0.332 e. The summed E-state index contributed by atoms with van der Waals surface area (Å²) in [5.74, 6) is -0.704. The highest BCUT2D eigenvalue weighted by Crippen LogP contribution is 2.51. The Morgan fingerprint density at radius 2 is 1.87 bits per heavy atom. The third kappa shape index (κ3) is 2.11. The molecule has 23 heavy (non-hydrogen) atoms. The van der Waals surface area contributed by atoms with Crippen LogP contribution in [0.1, 0.15) is 31.9 Å². The lowest BCUT2D eigenvalue weighted by atomic mass is 9.79. The number of hydrogen-bond acceptors (Lipinski definition) is 3. The summed E-state index contributed by atoms with van der Waals surface area (Å²) in [5.41, 5.74) is -0.213. The summed E-state index contributed by atoms with van der Waals surface area (Å²) in [4.78, 5) is 28.3. The Labute approximate surface area is 134 Å². The molecule has 4 atom stereocenters. The second-order valence-corrected chi connectivity index (χ2v) is 6.57. The molecule has 2 amide bonds. The SMILES string of the molecule is CC1C(=O)N2C(CC(C)(C#N)C2c2ccc(F)cc2)C(=O)N1C. The number of likely N-dealkylation sites (N-methyl/N-ethyl adjacent to an activating group) is 1. The summed E-state index contributed by atoms with van der Waals surface area (Å²) in [6, 6.07) is 6.31. The van der Waals surface area contributed by atoms with Crippen molar-refractivity contribution < 1.29 is 14.0 Å². The molecule has 0 aromatic heterocycles. The summed E-state index contributed by atoms with van der Waals surface area (Å²) in [5, 5.41) is 9.68. The zero-order chi connectivity index (χ0) is 16.9. The van der Waals surface area contributed by atoms with E-state index in [4.69, 9.17) is 0 Å². The number of nitrogens with zero attached hydrogens (tertiary/aromatic N) is 3. The molecule has 5 nitrogen and oxygen atoms in total. The van der Waals surface area contributed by atoms with Crippen molar-refractivity contribution in [2.45, 2.75) is 38.4 Å². The highest BCUT2D eigenvalue weighted by Gasteiger charge is 2.58. The summed E-state index contributed by atoms with van der Waals surface area (Å²) in [6.07, 6.45) is 0.285. The third-order valence-corrected chi connectivity index (χ3v) is 5.10. The number of fused-ring (bicyclic) bond motifs is 1. The molecule has 0 bridgehead atoms. The number of nitriles is 1. The van der Waals surface area contributed by atoms with Crippen LogP contribution in [0.15, 0.2) is 24.3 Å². The number of carbonyl (C=O) groups is 2. The first-order chi connectivity index (χ1) is 10.8. The summed E-state index contributed by atoms with van der Waals surface area (Å²) >= 11 is 0. The number of hydrogen-bond donors (Lipinski definition) is 0. The molecular weight excluding hydrogens is 297 g/mol. The third-order valence-electron chi connectivity index (χ3n) is 5.10. The molecule has 0 aliphatic carbocycles. The van der Waals surface area contributed by atoms with Crippen LogP contribution in [0.5, 0.6) is 0 Å². The van der Waals surface area contributed by atoms with E-state index < -0.39 is 23.5 Å². The monoisotopic (exact) mass is 315 g/mol. The Kier molecular flexibility index (Phi) is 3.40. The van der Waals surface area contributed by atoms with Gasteiger partial charge in [-0.2, -0.15) is 5.26 Å². The number of amides is 2. The summed E-state index contributed by atoms with van der Waals surface area (Å²) in [6.45, 7) is 3.44. The van der Waals surface area contributed by atoms with Crippen molar-refractivity contribution >= 4 is 11.8 Å². The molecule has 0 N–H and O–H groups in total. The van der Waals surface area contributed by atoms with Crippen molar-refractivity contribution in [1.29, 1.82) is 5.26 Å². The van der Waals surface area contributed by atoms with Crippen LogP contribution >= 0.6 is 0 Å². The lowest BCUT2D eigenvalue weighted by molar-refractivity contribution is -0.159. The molecule has 2 heterocycles. The average molecular weight is 315 g/mol. The lowest BCUT2D eigenvalue weighted by Gasteiger charge is -2.42. The maximum absolute atomic E-state index is 13.2. The lowest BCUT2D eigenvalue weighted by Crippen LogP contribution is -2.60. The molecule has 6 heteroatoms. The van der Waals surface area contributed by atoms with Gasteiger partial charge in [0.15, 0.2) is 0 Å². The quantitative estimate of drug-likeness (QED) is 0.794. The number of rotatable bonds is 1. The van der Waals surface area contributed by atoms with Gasteiger partial charge in [-0.3, -0.25) is 9.59 Å². The Balaban J connectivity index is 2.12. The van der Waals surface area contributed by atoms with Gasteiger partial charge in [-0.25, -0.2) is 4.39 Å². The topological polar surface area (TPSA) is 64.4 Å². The van der Waals surface area contributed by atoms with Crippen LogP contribution in [0.2, 0.25) is 0 Å². The van der Waals surface area contributed by atoms with E-state index in [1.807, 2.05) is 0 Å². The molecule has 4 unspecified atom stereocenters. The van der Waals surface area contributed by atoms with E-state index in [1.54, 1.807) is 33.0 Å². The minimum absolute atomic E-state index is 0.150. The van der Waals surface area contributed by atoms with Gasteiger partial charge in [0.25, 0.3) is 0 Å². The second-order valence-electron chi connectivity index (χ2n) is 6.57. The summed E-state index contributed by atoms with van der Waals surface area (Å²) < 4.78 is 13.2. The standard InChI is InChI=1S/C17H18FN3O2/c1-10-15(22)21-13(16(23)20(10)3)8-17(2,9-19)14(21)11-4-6-12(18)7-5-11/h4-7,10,13-14H,8H2,1-3H3. The Bertz CT molecular complexity index is 712. The van der Waals surface area contributed by atoms with Crippen molar-refractivity contribution in [2.24, 2.45) is 5.41 Å². The van der Waals surface area contributed by atoms with Crippen LogP contribution in [0.4, 0.5) is 4.39 Å². The number of benzene rings is 1. The Morgan fingerprint density at radius 1 is 1.26 bits per heavy atom. The van der Waals surface area contributed by atoms with E-state index in [0.717, 1.165) is 0 Å². The zero-order valence-corrected chi connectivity index (χ0v) is 13.3.